The van der Waals surface area contributed by atoms with Gasteiger partial charge in [-0.15, -0.1) is 0 Å². The number of aromatic amines is 1. The first kappa shape index (κ1) is 14.5. The minimum absolute atomic E-state index is 1.18. The van der Waals surface area contributed by atoms with Gasteiger partial charge < -0.3 is 4.98 Å². The predicted molar refractivity (Wildman–Crippen MR) is 103 cm³/mol. The van der Waals surface area contributed by atoms with E-state index in [1.54, 1.807) is 0 Å². The number of hydrogen-bond acceptors (Lipinski definition) is 0. The van der Waals surface area contributed by atoms with Crippen molar-refractivity contribution in [3.05, 3.63) is 114 Å². The second-order valence-electron chi connectivity index (χ2n) is 5.83. The van der Waals surface area contributed by atoms with Crippen LogP contribution in [-0.2, 0) is 0 Å². The Morgan fingerprint density at radius 3 is 2.33 bits per heavy atom. The average molecular weight is 308 g/mol. The third kappa shape index (κ3) is 3.02. The van der Waals surface area contributed by atoms with Crippen molar-refractivity contribution in [2.45, 2.75) is 0 Å². The molecule has 0 saturated carbocycles. The molecular weight excluding hydrogens is 290 g/mol. The van der Waals surface area contributed by atoms with Crippen molar-refractivity contribution in [1.82, 2.24) is 4.98 Å². The Balaban J connectivity index is 1.49. The molecule has 1 aliphatic rings. The van der Waals surface area contributed by atoms with Crippen LogP contribution in [0.15, 0.2) is 90.8 Å². The first-order chi connectivity index (χ1) is 11.9. The van der Waals surface area contributed by atoms with Gasteiger partial charge in [0.25, 0.3) is 0 Å². The average Bonchev–Trinajstić information content (AvgIpc) is 3.12. The molecule has 0 amide bonds. The standard InChI is InChI=1S/C23H18N/c1(3-7-18-13-14-24-17-18)2-4-8-19-15-21-11-5-9-20-10-6-12-22(16-19)23(20)21/h1-17,24H/b2-1+,7-3+,8-4+. The van der Waals surface area contributed by atoms with E-state index in [1.165, 1.54) is 33.0 Å². The number of hydrogen-bond donors (Lipinski definition) is 1. The lowest BCUT2D eigenvalue weighted by Gasteiger charge is -2.15. The number of benzene rings is 2. The fourth-order valence-electron chi connectivity index (χ4n) is 3.04. The van der Waals surface area contributed by atoms with E-state index in [0.717, 1.165) is 0 Å². The fraction of sp³-hybridized carbons (Fsp3) is 0. The molecule has 1 radical (unpaired) electrons. The van der Waals surface area contributed by atoms with Crippen LogP contribution >= 0.6 is 0 Å². The Labute approximate surface area is 142 Å². The van der Waals surface area contributed by atoms with Crippen molar-refractivity contribution in [1.29, 1.82) is 0 Å². The lowest BCUT2D eigenvalue weighted by Crippen LogP contribution is -1.95. The normalized spacial score (nSPS) is 14.2. The summed E-state index contributed by atoms with van der Waals surface area (Å²) in [6.45, 7) is 0. The molecule has 0 atom stereocenters. The summed E-state index contributed by atoms with van der Waals surface area (Å²) in [5.74, 6) is 0. The molecular formula is C23H18N. The number of aromatic nitrogens is 1. The van der Waals surface area contributed by atoms with Gasteiger partial charge in [0.05, 0.1) is 0 Å². The van der Waals surface area contributed by atoms with E-state index in [0.29, 0.717) is 0 Å². The van der Waals surface area contributed by atoms with Gasteiger partial charge in [-0.05, 0) is 39.1 Å². The molecule has 1 N–H and O–H groups in total. The Bertz CT molecular complexity index is 961. The van der Waals surface area contributed by atoms with E-state index in [2.05, 4.69) is 78.2 Å². The second kappa shape index (κ2) is 6.59. The van der Waals surface area contributed by atoms with Gasteiger partial charge >= 0.3 is 0 Å². The van der Waals surface area contributed by atoms with E-state index < -0.39 is 0 Å². The summed E-state index contributed by atoms with van der Waals surface area (Å²) in [5, 5.41) is 2.65. The molecule has 4 rings (SSSR count). The van der Waals surface area contributed by atoms with Crippen molar-refractivity contribution >= 4 is 22.9 Å². The maximum Gasteiger partial charge on any atom is 0.0206 e. The van der Waals surface area contributed by atoms with E-state index >= 15 is 0 Å². The molecule has 0 saturated heterocycles. The van der Waals surface area contributed by atoms with E-state index in [-0.39, 0.29) is 0 Å². The Morgan fingerprint density at radius 2 is 1.54 bits per heavy atom. The molecule has 1 nitrogen and oxygen atoms in total. The number of H-pyrrole nitrogens is 1. The SMILES string of the molecule is [CH]1C(/C=C/C=C/C=C/c2cc[nH]c2)=Cc2cccc3cccc1c23. The molecule has 1 heterocycles. The van der Waals surface area contributed by atoms with Crippen molar-refractivity contribution in [2.75, 3.05) is 0 Å². The predicted octanol–water partition coefficient (Wildman–Crippen LogP) is 5.94. The molecule has 24 heavy (non-hydrogen) atoms. The van der Waals surface area contributed by atoms with E-state index in [4.69, 9.17) is 0 Å². The van der Waals surface area contributed by atoms with Crippen LogP contribution in [0.3, 0.4) is 0 Å². The van der Waals surface area contributed by atoms with Crippen LogP contribution in [0, 0.1) is 6.42 Å². The summed E-state index contributed by atoms with van der Waals surface area (Å²) in [7, 11) is 0. The van der Waals surface area contributed by atoms with E-state index in [1.807, 2.05) is 30.6 Å². The van der Waals surface area contributed by atoms with Crippen LogP contribution in [0.4, 0.5) is 0 Å². The molecule has 0 aliphatic heterocycles. The maximum absolute atomic E-state index is 3.04. The number of rotatable bonds is 4. The molecule has 2 aromatic carbocycles. The van der Waals surface area contributed by atoms with Crippen molar-refractivity contribution in [3.8, 4) is 0 Å². The molecule has 1 aliphatic carbocycles. The van der Waals surface area contributed by atoms with Crippen LogP contribution in [0.2, 0.25) is 0 Å². The molecule has 0 spiro atoms. The molecule has 1 heteroatoms. The Kier molecular flexibility index (Phi) is 3.99. The first-order valence-corrected chi connectivity index (χ1v) is 8.12. The van der Waals surface area contributed by atoms with Crippen molar-refractivity contribution in [2.24, 2.45) is 0 Å². The van der Waals surface area contributed by atoms with Crippen LogP contribution < -0.4 is 0 Å². The fourth-order valence-corrected chi connectivity index (χ4v) is 3.04. The highest BCUT2D eigenvalue weighted by molar-refractivity contribution is 5.97. The monoisotopic (exact) mass is 308 g/mol. The summed E-state index contributed by atoms with van der Waals surface area (Å²) in [5.41, 5.74) is 4.99. The van der Waals surface area contributed by atoms with Gasteiger partial charge in [-0.1, -0.05) is 78.9 Å². The van der Waals surface area contributed by atoms with Gasteiger partial charge in [0, 0.05) is 18.8 Å². The number of allylic oxidation sites excluding steroid dienone is 6. The lowest BCUT2D eigenvalue weighted by atomic mass is 9.89. The molecule has 115 valence electrons. The lowest BCUT2D eigenvalue weighted by molar-refractivity contribution is 1.41. The summed E-state index contributed by atoms with van der Waals surface area (Å²) in [4.78, 5) is 3.04. The van der Waals surface area contributed by atoms with Crippen LogP contribution in [0.5, 0.6) is 0 Å². The second-order valence-corrected chi connectivity index (χ2v) is 5.83. The topological polar surface area (TPSA) is 15.8 Å². The highest BCUT2D eigenvalue weighted by atomic mass is 14.6. The highest BCUT2D eigenvalue weighted by Crippen LogP contribution is 2.32. The Morgan fingerprint density at radius 1 is 0.750 bits per heavy atom. The third-order valence-electron chi connectivity index (χ3n) is 4.15. The van der Waals surface area contributed by atoms with Gasteiger partial charge in [0.2, 0.25) is 0 Å². The molecule has 0 unspecified atom stereocenters. The minimum atomic E-state index is 1.18. The summed E-state index contributed by atoms with van der Waals surface area (Å²) in [6.07, 6.45) is 20.8. The van der Waals surface area contributed by atoms with Gasteiger partial charge in [0.1, 0.15) is 0 Å². The van der Waals surface area contributed by atoms with Gasteiger partial charge in [-0.2, -0.15) is 0 Å². The van der Waals surface area contributed by atoms with Gasteiger partial charge in [0.15, 0.2) is 0 Å². The largest absolute Gasteiger partial charge is 0.367 e. The third-order valence-corrected chi connectivity index (χ3v) is 4.15. The zero-order valence-corrected chi connectivity index (χ0v) is 13.3. The number of nitrogens with one attached hydrogen (secondary N) is 1. The molecule has 1 aromatic heterocycles. The molecule has 0 bridgehead atoms. The Hall–Kier alpha value is -3.06. The summed E-state index contributed by atoms with van der Waals surface area (Å²) < 4.78 is 0. The van der Waals surface area contributed by atoms with Crippen LogP contribution in [0.25, 0.3) is 22.9 Å². The molecule has 3 aromatic rings. The molecule has 0 fully saturated rings. The maximum atomic E-state index is 3.04. The smallest absolute Gasteiger partial charge is 0.0206 e. The van der Waals surface area contributed by atoms with Crippen molar-refractivity contribution < 1.29 is 0 Å². The van der Waals surface area contributed by atoms with Crippen LogP contribution in [0.1, 0.15) is 16.7 Å². The quantitative estimate of drug-likeness (QED) is 0.574. The zero-order chi connectivity index (χ0) is 16.2. The minimum Gasteiger partial charge on any atom is -0.367 e. The first-order valence-electron chi connectivity index (χ1n) is 8.12. The van der Waals surface area contributed by atoms with Crippen molar-refractivity contribution in [3.63, 3.8) is 0 Å². The van der Waals surface area contributed by atoms with Crippen LogP contribution in [-0.4, -0.2) is 4.98 Å². The van der Waals surface area contributed by atoms with Gasteiger partial charge in [-0.25, -0.2) is 0 Å². The highest BCUT2D eigenvalue weighted by Gasteiger charge is 2.11. The zero-order valence-electron chi connectivity index (χ0n) is 13.3. The summed E-state index contributed by atoms with van der Waals surface area (Å²) in [6, 6.07) is 15.0. The van der Waals surface area contributed by atoms with E-state index in [9.17, 15) is 0 Å². The summed E-state index contributed by atoms with van der Waals surface area (Å²) >= 11 is 0. The van der Waals surface area contributed by atoms with Gasteiger partial charge in [-0.3, -0.25) is 0 Å².